The lowest BCUT2D eigenvalue weighted by Gasteiger charge is -2.45. The summed E-state index contributed by atoms with van der Waals surface area (Å²) < 4.78 is 0. The zero-order valence-electron chi connectivity index (χ0n) is 15.6. The summed E-state index contributed by atoms with van der Waals surface area (Å²) in [7, 11) is 0. The Balaban J connectivity index is 1.56. The predicted octanol–water partition coefficient (Wildman–Crippen LogP) is 2.07. The third-order valence-corrected chi connectivity index (χ3v) is 6.58. The Labute approximate surface area is 159 Å². The van der Waals surface area contributed by atoms with Gasteiger partial charge in [0.05, 0.1) is 0 Å². The quantitative estimate of drug-likeness (QED) is 0.861. The summed E-state index contributed by atoms with van der Waals surface area (Å²) in [5.74, 6) is -0.912. The van der Waals surface area contributed by atoms with E-state index in [0.717, 1.165) is 24.8 Å². The summed E-state index contributed by atoms with van der Waals surface area (Å²) >= 11 is 0. The first-order valence-electron chi connectivity index (χ1n) is 9.90. The second-order valence-electron chi connectivity index (χ2n) is 8.06. The molecule has 3 fully saturated rings. The molecule has 2 heterocycles. The number of carbonyl (C=O) groups is 3. The van der Waals surface area contributed by atoms with Crippen LogP contribution >= 0.6 is 0 Å². The van der Waals surface area contributed by atoms with Crippen molar-refractivity contribution in [2.75, 3.05) is 0 Å². The van der Waals surface area contributed by atoms with Crippen LogP contribution in [0.15, 0.2) is 30.3 Å². The lowest BCUT2D eigenvalue weighted by Crippen LogP contribution is -2.66. The zero-order chi connectivity index (χ0) is 19.1. The van der Waals surface area contributed by atoms with Crippen LogP contribution in [-0.4, -0.2) is 56.9 Å². The second kappa shape index (κ2) is 6.98. The van der Waals surface area contributed by atoms with Gasteiger partial charge in [-0.15, -0.1) is 0 Å². The minimum atomic E-state index is -1.04. The number of carbonyl (C=O) groups excluding carboxylic acids is 2. The van der Waals surface area contributed by atoms with Crippen LogP contribution in [0.2, 0.25) is 0 Å². The summed E-state index contributed by atoms with van der Waals surface area (Å²) in [6.07, 6.45) is 4.67. The van der Waals surface area contributed by atoms with Crippen molar-refractivity contribution in [1.29, 1.82) is 0 Å². The summed E-state index contributed by atoms with van der Waals surface area (Å²) in [4.78, 5) is 41.4. The smallest absolute Gasteiger partial charge is 0.326 e. The Bertz CT molecular complexity index is 750. The summed E-state index contributed by atoms with van der Waals surface area (Å²) in [6, 6.07) is 7.65. The molecule has 2 aliphatic heterocycles. The van der Waals surface area contributed by atoms with Crippen LogP contribution in [0.25, 0.3) is 0 Å². The van der Waals surface area contributed by atoms with E-state index < -0.39 is 24.1 Å². The van der Waals surface area contributed by atoms with Crippen molar-refractivity contribution in [3.05, 3.63) is 35.9 Å². The highest BCUT2D eigenvalue weighted by molar-refractivity contribution is 5.99. The SMILES string of the molecule is C[C@H]1C(=O)N2[C@@H](C[C@@H]3CCC[C@@H]32)C(=O)N1C(CCc1ccccc1)C(=O)O. The number of fused-ring (bicyclic) bond motifs is 3. The van der Waals surface area contributed by atoms with Crippen LogP contribution < -0.4 is 0 Å². The van der Waals surface area contributed by atoms with E-state index in [2.05, 4.69) is 0 Å². The molecule has 0 spiro atoms. The van der Waals surface area contributed by atoms with Gasteiger partial charge in [0.25, 0.3) is 0 Å². The lowest BCUT2D eigenvalue weighted by atomic mass is 9.97. The predicted molar refractivity (Wildman–Crippen MR) is 98.9 cm³/mol. The molecular weight excluding hydrogens is 344 g/mol. The fourth-order valence-electron chi connectivity index (χ4n) is 5.28. The van der Waals surface area contributed by atoms with Gasteiger partial charge < -0.3 is 14.9 Å². The molecule has 4 rings (SSSR count). The number of aliphatic carboxylic acids is 1. The molecule has 1 aromatic carbocycles. The number of hydrogen-bond acceptors (Lipinski definition) is 3. The van der Waals surface area contributed by atoms with E-state index in [1.165, 1.54) is 4.90 Å². The molecule has 5 atom stereocenters. The topological polar surface area (TPSA) is 77.9 Å². The Morgan fingerprint density at radius 3 is 2.63 bits per heavy atom. The third kappa shape index (κ3) is 3.01. The van der Waals surface area contributed by atoms with Gasteiger partial charge in [0, 0.05) is 6.04 Å². The standard InChI is InChI=1S/C21H26N2O4/c1-13-19(24)23-16-9-5-8-15(16)12-18(23)20(25)22(13)17(21(26)27)11-10-14-6-3-2-4-7-14/h2-4,6-7,13,15-18H,5,8-12H2,1H3,(H,26,27)/t13-,15-,16-,17?,18-/m0/s1. The molecule has 6 nitrogen and oxygen atoms in total. The lowest BCUT2D eigenvalue weighted by molar-refractivity contribution is -0.168. The van der Waals surface area contributed by atoms with Crippen LogP contribution in [0.1, 0.15) is 44.6 Å². The first kappa shape index (κ1) is 18.0. The zero-order valence-corrected chi connectivity index (χ0v) is 15.6. The minimum absolute atomic E-state index is 0.0834. The average Bonchev–Trinajstić information content (AvgIpc) is 3.24. The Morgan fingerprint density at radius 2 is 1.93 bits per heavy atom. The number of carboxylic acid groups (broad SMARTS) is 1. The molecule has 1 aromatic rings. The normalized spacial score (nSPS) is 31.0. The minimum Gasteiger partial charge on any atom is -0.480 e. The summed E-state index contributed by atoms with van der Waals surface area (Å²) in [5, 5.41) is 9.81. The van der Waals surface area contributed by atoms with E-state index in [4.69, 9.17) is 0 Å². The van der Waals surface area contributed by atoms with Crippen molar-refractivity contribution in [2.45, 2.75) is 69.6 Å². The van der Waals surface area contributed by atoms with Gasteiger partial charge in [0.15, 0.2) is 0 Å². The molecule has 0 bridgehead atoms. The van der Waals surface area contributed by atoms with Crippen molar-refractivity contribution < 1.29 is 19.5 Å². The van der Waals surface area contributed by atoms with Crippen molar-refractivity contribution in [3.8, 4) is 0 Å². The molecule has 2 amide bonds. The van der Waals surface area contributed by atoms with Gasteiger partial charge in [0.1, 0.15) is 18.1 Å². The molecule has 1 saturated carbocycles. The molecule has 1 N–H and O–H groups in total. The molecule has 144 valence electrons. The maximum atomic E-state index is 13.2. The van der Waals surface area contributed by atoms with Gasteiger partial charge in [-0.2, -0.15) is 0 Å². The van der Waals surface area contributed by atoms with Crippen LogP contribution in [0.5, 0.6) is 0 Å². The van der Waals surface area contributed by atoms with Gasteiger partial charge in [-0.3, -0.25) is 9.59 Å². The first-order valence-corrected chi connectivity index (χ1v) is 9.90. The number of piperazine rings is 1. The maximum Gasteiger partial charge on any atom is 0.326 e. The molecule has 1 aliphatic carbocycles. The second-order valence-corrected chi connectivity index (χ2v) is 8.06. The fraction of sp³-hybridized carbons (Fsp3) is 0.571. The summed E-state index contributed by atoms with van der Waals surface area (Å²) in [5.41, 5.74) is 1.03. The Morgan fingerprint density at radius 1 is 1.19 bits per heavy atom. The van der Waals surface area contributed by atoms with Gasteiger partial charge in [0.2, 0.25) is 11.8 Å². The Hall–Kier alpha value is -2.37. The van der Waals surface area contributed by atoms with Crippen molar-refractivity contribution in [3.63, 3.8) is 0 Å². The highest BCUT2D eigenvalue weighted by atomic mass is 16.4. The summed E-state index contributed by atoms with van der Waals surface area (Å²) in [6.45, 7) is 1.68. The molecule has 1 unspecified atom stereocenters. The molecule has 3 aliphatic rings. The molecule has 2 saturated heterocycles. The molecule has 27 heavy (non-hydrogen) atoms. The number of carboxylic acids is 1. The number of hydrogen-bond donors (Lipinski definition) is 1. The van der Waals surface area contributed by atoms with E-state index in [1.807, 2.05) is 30.3 Å². The van der Waals surface area contributed by atoms with Crippen molar-refractivity contribution in [1.82, 2.24) is 9.80 Å². The van der Waals surface area contributed by atoms with Gasteiger partial charge in [-0.25, -0.2) is 4.79 Å². The van der Waals surface area contributed by atoms with E-state index in [0.29, 0.717) is 25.2 Å². The molecule has 0 aromatic heterocycles. The molecule has 0 radical (unpaired) electrons. The largest absolute Gasteiger partial charge is 0.480 e. The van der Waals surface area contributed by atoms with E-state index in [-0.39, 0.29) is 17.9 Å². The number of nitrogens with zero attached hydrogens (tertiary/aromatic N) is 2. The van der Waals surface area contributed by atoms with Gasteiger partial charge in [-0.1, -0.05) is 36.8 Å². The van der Waals surface area contributed by atoms with Gasteiger partial charge in [-0.05, 0) is 50.5 Å². The molecule has 6 heteroatoms. The van der Waals surface area contributed by atoms with E-state index in [9.17, 15) is 19.5 Å². The first-order chi connectivity index (χ1) is 13.0. The van der Waals surface area contributed by atoms with Crippen LogP contribution in [-0.2, 0) is 20.8 Å². The van der Waals surface area contributed by atoms with Crippen molar-refractivity contribution >= 4 is 17.8 Å². The van der Waals surface area contributed by atoms with E-state index >= 15 is 0 Å². The average molecular weight is 370 g/mol. The van der Waals surface area contributed by atoms with Crippen molar-refractivity contribution in [2.24, 2.45) is 5.92 Å². The van der Waals surface area contributed by atoms with Crippen LogP contribution in [0, 0.1) is 5.92 Å². The maximum absolute atomic E-state index is 13.2. The third-order valence-electron chi connectivity index (χ3n) is 6.58. The van der Waals surface area contributed by atoms with Gasteiger partial charge >= 0.3 is 5.97 Å². The van der Waals surface area contributed by atoms with E-state index in [1.54, 1.807) is 11.8 Å². The number of rotatable bonds is 5. The van der Waals surface area contributed by atoms with Crippen LogP contribution in [0.4, 0.5) is 0 Å². The highest BCUT2D eigenvalue weighted by Crippen LogP contribution is 2.44. The van der Waals surface area contributed by atoms with Crippen LogP contribution in [0.3, 0.4) is 0 Å². The fourth-order valence-corrected chi connectivity index (χ4v) is 5.28. The highest BCUT2D eigenvalue weighted by Gasteiger charge is 2.56. The Kier molecular flexibility index (Phi) is 4.66. The molecular formula is C21H26N2O4. The monoisotopic (exact) mass is 370 g/mol. The number of benzene rings is 1. The number of aryl methyl sites for hydroxylation is 1. The number of amides is 2.